The Morgan fingerprint density at radius 2 is 2.04 bits per heavy atom. The van der Waals surface area contributed by atoms with Crippen LogP contribution in [-0.4, -0.2) is 41.3 Å². The van der Waals surface area contributed by atoms with E-state index in [0.29, 0.717) is 12.6 Å². The number of anilines is 2. The first kappa shape index (κ1) is 15.3. The highest BCUT2D eigenvalue weighted by molar-refractivity contribution is 5.48. The number of hydrogen-bond acceptors (Lipinski definition) is 5. The minimum Gasteiger partial charge on any atom is -0.371 e. The summed E-state index contributed by atoms with van der Waals surface area (Å²) in [4.78, 5) is 10.0. The van der Waals surface area contributed by atoms with E-state index in [1.54, 1.807) is 12.1 Å². The molecule has 1 aromatic heterocycles. The molecule has 4 rings (SSSR count). The molecular weight excluding hydrogens is 314 g/mol. The van der Waals surface area contributed by atoms with E-state index in [1.807, 2.05) is 6.07 Å². The van der Waals surface area contributed by atoms with E-state index in [0.717, 1.165) is 44.0 Å². The molecular formula is C17H18F2N4O. The molecule has 7 heteroatoms. The molecule has 1 aromatic carbocycles. The fraction of sp³-hybridized carbons (Fsp3) is 0.412. The molecule has 126 valence electrons. The third-order valence-corrected chi connectivity index (χ3v) is 4.65. The Kier molecular flexibility index (Phi) is 3.80. The molecule has 0 amide bonds. The maximum absolute atomic E-state index is 13.4. The van der Waals surface area contributed by atoms with Crippen molar-refractivity contribution in [2.45, 2.75) is 24.5 Å². The molecule has 1 spiro atoms. The summed E-state index contributed by atoms with van der Waals surface area (Å²) in [6.45, 7) is 2.12. The average molecular weight is 332 g/mol. The zero-order valence-electron chi connectivity index (χ0n) is 13.1. The van der Waals surface area contributed by atoms with Gasteiger partial charge in [-0.25, -0.2) is 18.7 Å². The van der Waals surface area contributed by atoms with Gasteiger partial charge in [0.2, 0.25) is 5.95 Å². The lowest BCUT2D eigenvalue weighted by atomic mass is 9.97. The molecule has 3 heterocycles. The van der Waals surface area contributed by atoms with Crippen LogP contribution in [0.3, 0.4) is 0 Å². The van der Waals surface area contributed by atoms with E-state index < -0.39 is 5.82 Å². The summed E-state index contributed by atoms with van der Waals surface area (Å²) in [6.07, 6.45) is 4.00. The van der Waals surface area contributed by atoms with Crippen molar-refractivity contribution in [3.63, 3.8) is 0 Å². The summed E-state index contributed by atoms with van der Waals surface area (Å²) in [5.74, 6) is -0.281. The Morgan fingerprint density at radius 3 is 2.83 bits per heavy atom. The maximum Gasteiger partial charge on any atom is 0.223 e. The fourth-order valence-electron chi connectivity index (χ4n) is 3.53. The lowest BCUT2D eigenvalue weighted by molar-refractivity contribution is 0.0229. The molecule has 0 radical (unpaired) electrons. The number of hydrogen-bond donors (Lipinski definition) is 1. The first-order valence-electron chi connectivity index (χ1n) is 8.00. The molecule has 2 fully saturated rings. The normalized spacial score (nSPS) is 26.2. The minimum atomic E-state index is -0.457. The third kappa shape index (κ3) is 3.03. The largest absolute Gasteiger partial charge is 0.371 e. The molecule has 2 saturated heterocycles. The lowest BCUT2D eigenvalue weighted by Crippen LogP contribution is -2.33. The second kappa shape index (κ2) is 5.98. The number of aromatic nitrogens is 2. The second-order valence-electron chi connectivity index (χ2n) is 6.42. The van der Waals surface area contributed by atoms with Gasteiger partial charge in [0.1, 0.15) is 5.82 Å². The van der Waals surface area contributed by atoms with E-state index in [9.17, 15) is 8.78 Å². The summed E-state index contributed by atoms with van der Waals surface area (Å²) in [6, 6.07) is 6.73. The Morgan fingerprint density at radius 1 is 1.21 bits per heavy atom. The molecule has 5 nitrogen and oxygen atoms in total. The zero-order chi connectivity index (χ0) is 16.6. The SMILES string of the molecule is Fc1cnc(N[C@H]2CO[C@@]3(CCN(c4cccc(F)c4)C3)C2)nc1. The number of nitrogens with one attached hydrogen (secondary N) is 1. The van der Waals surface area contributed by atoms with Gasteiger partial charge in [-0.2, -0.15) is 0 Å². The number of ether oxygens (including phenoxy) is 1. The van der Waals surface area contributed by atoms with Crippen LogP contribution in [0, 0.1) is 11.6 Å². The molecule has 0 aliphatic carbocycles. The molecule has 1 N–H and O–H groups in total. The van der Waals surface area contributed by atoms with Crippen molar-refractivity contribution in [3.05, 3.63) is 48.3 Å². The van der Waals surface area contributed by atoms with E-state index in [2.05, 4.69) is 20.2 Å². The standard InChI is InChI=1S/C17H18F2N4O/c18-12-2-1-3-15(6-12)23-5-4-17(11-23)7-14(10-24-17)22-16-20-8-13(19)9-21-16/h1-3,6,8-9,14H,4-5,7,10-11H2,(H,20,21,22)/t14-,17+/m1/s1. The second-order valence-corrected chi connectivity index (χ2v) is 6.42. The number of halogens is 2. The summed E-state index contributed by atoms with van der Waals surface area (Å²) in [7, 11) is 0. The highest BCUT2D eigenvalue weighted by Gasteiger charge is 2.45. The zero-order valence-corrected chi connectivity index (χ0v) is 13.1. The van der Waals surface area contributed by atoms with Crippen molar-refractivity contribution in [1.29, 1.82) is 0 Å². The molecule has 0 saturated carbocycles. The van der Waals surface area contributed by atoms with Crippen molar-refractivity contribution >= 4 is 11.6 Å². The van der Waals surface area contributed by atoms with Crippen LogP contribution in [0.25, 0.3) is 0 Å². The molecule has 0 unspecified atom stereocenters. The Hall–Kier alpha value is -2.28. The minimum absolute atomic E-state index is 0.0860. The fourth-order valence-corrected chi connectivity index (χ4v) is 3.53. The van der Waals surface area contributed by atoms with Gasteiger partial charge < -0.3 is 15.0 Å². The van der Waals surface area contributed by atoms with Gasteiger partial charge in [0.25, 0.3) is 0 Å². The topological polar surface area (TPSA) is 50.3 Å². The van der Waals surface area contributed by atoms with Gasteiger partial charge in [-0.1, -0.05) is 6.07 Å². The molecule has 2 aromatic rings. The van der Waals surface area contributed by atoms with Gasteiger partial charge in [0.15, 0.2) is 5.82 Å². The van der Waals surface area contributed by atoms with Gasteiger partial charge >= 0.3 is 0 Å². The third-order valence-electron chi connectivity index (χ3n) is 4.65. The lowest BCUT2D eigenvalue weighted by Gasteiger charge is -2.24. The molecule has 2 aliphatic rings. The van der Waals surface area contributed by atoms with Crippen LogP contribution < -0.4 is 10.2 Å². The average Bonchev–Trinajstić information content (AvgIpc) is 3.17. The predicted octanol–water partition coefficient (Wildman–Crippen LogP) is 2.60. The van der Waals surface area contributed by atoms with Crippen LogP contribution in [0.2, 0.25) is 0 Å². The van der Waals surface area contributed by atoms with Crippen molar-refractivity contribution in [2.75, 3.05) is 29.9 Å². The monoisotopic (exact) mass is 332 g/mol. The van der Waals surface area contributed by atoms with Crippen LogP contribution in [0.5, 0.6) is 0 Å². The van der Waals surface area contributed by atoms with Crippen LogP contribution in [-0.2, 0) is 4.74 Å². The Bertz CT molecular complexity index is 727. The van der Waals surface area contributed by atoms with E-state index in [4.69, 9.17) is 4.74 Å². The van der Waals surface area contributed by atoms with E-state index >= 15 is 0 Å². The van der Waals surface area contributed by atoms with Crippen molar-refractivity contribution in [2.24, 2.45) is 0 Å². The highest BCUT2D eigenvalue weighted by Crippen LogP contribution is 2.37. The van der Waals surface area contributed by atoms with Gasteiger partial charge in [-0.15, -0.1) is 0 Å². The van der Waals surface area contributed by atoms with Crippen LogP contribution in [0.15, 0.2) is 36.7 Å². The smallest absolute Gasteiger partial charge is 0.223 e. The first-order chi connectivity index (χ1) is 11.6. The highest BCUT2D eigenvalue weighted by atomic mass is 19.1. The molecule has 24 heavy (non-hydrogen) atoms. The number of benzene rings is 1. The molecule has 2 atom stereocenters. The van der Waals surface area contributed by atoms with E-state index in [1.165, 1.54) is 6.07 Å². The predicted molar refractivity (Wildman–Crippen MR) is 85.9 cm³/mol. The van der Waals surface area contributed by atoms with Gasteiger partial charge in [0, 0.05) is 25.2 Å². The van der Waals surface area contributed by atoms with E-state index in [-0.39, 0.29) is 17.5 Å². The van der Waals surface area contributed by atoms with Crippen molar-refractivity contribution < 1.29 is 13.5 Å². The number of rotatable bonds is 3. The van der Waals surface area contributed by atoms with Crippen LogP contribution >= 0.6 is 0 Å². The number of nitrogens with zero attached hydrogens (tertiary/aromatic N) is 3. The summed E-state index contributed by atoms with van der Waals surface area (Å²) in [5.41, 5.74) is 0.651. The molecule has 2 aliphatic heterocycles. The summed E-state index contributed by atoms with van der Waals surface area (Å²) >= 11 is 0. The summed E-state index contributed by atoms with van der Waals surface area (Å²) < 4.78 is 32.3. The van der Waals surface area contributed by atoms with Crippen LogP contribution in [0.4, 0.5) is 20.4 Å². The van der Waals surface area contributed by atoms with Gasteiger partial charge in [-0.3, -0.25) is 0 Å². The van der Waals surface area contributed by atoms with Crippen molar-refractivity contribution in [3.8, 4) is 0 Å². The Labute approximate surface area is 138 Å². The van der Waals surface area contributed by atoms with Gasteiger partial charge in [0.05, 0.1) is 30.6 Å². The quantitative estimate of drug-likeness (QED) is 0.936. The van der Waals surface area contributed by atoms with Crippen LogP contribution in [0.1, 0.15) is 12.8 Å². The summed E-state index contributed by atoms with van der Waals surface area (Å²) in [5, 5.41) is 3.19. The van der Waals surface area contributed by atoms with Crippen molar-refractivity contribution in [1.82, 2.24) is 9.97 Å². The van der Waals surface area contributed by atoms with Gasteiger partial charge in [-0.05, 0) is 24.6 Å². The first-order valence-corrected chi connectivity index (χ1v) is 8.00. The molecule has 0 bridgehead atoms. The maximum atomic E-state index is 13.4. The Balaban J connectivity index is 1.40.